The van der Waals surface area contributed by atoms with Crippen molar-refractivity contribution in [3.05, 3.63) is 95.6 Å². The maximum absolute atomic E-state index is 13.2. The topological polar surface area (TPSA) is 75.7 Å². The molecule has 1 heterocycles. The molecule has 1 aliphatic heterocycles. The first-order valence-corrected chi connectivity index (χ1v) is 12.0. The maximum atomic E-state index is 13.2. The lowest BCUT2D eigenvalue weighted by Gasteiger charge is -2.34. The number of rotatable bonds is 6. The molecule has 0 bridgehead atoms. The van der Waals surface area contributed by atoms with E-state index < -0.39 is 33.8 Å². The molecule has 0 spiro atoms. The minimum absolute atomic E-state index is 0.166. The summed E-state index contributed by atoms with van der Waals surface area (Å²) in [6, 6.07) is 19.8. The van der Waals surface area contributed by atoms with Crippen molar-refractivity contribution in [2.24, 2.45) is 0 Å². The number of hydrogen-bond donors (Lipinski definition) is 1. The number of hydrogen-bond acceptors (Lipinski definition) is 4. The molecule has 0 saturated carbocycles. The van der Waals surface area contributed by atoms with Crippen LogP contribution in [0.15, 0.2) is 78.9 Å². The fourth-order valence-electron chi connectivity index (χ4n) is 3.63. The monoisotopic (exact) mass is 490 g/mol. The van der Waals surface area contributed by atoms with Crippen molar-refractivity contribution in [2.45, 2.75) is 24.6 Å². The number of fused-ring (bicyclic) bond motifs is 1. The molecule has 0 aromatic heterocycles. The van der Waals surface area contributed by atoms with Crippen LogP contribution in [0.1, 0.15) is 16.7 Å². The Morgan fingerprint density at radius 1 is 0.971 bits per heavy atom. The molecular weight excluding hydrogens is 469 g/mol. The molecule has 0 radical (unpaired) electrons. The highest BCUT2D eigenvalue weighted by atomic mass is 32.2. The van der Waals surface area contributed by atoms with Gasteiger partial charge in [0.1, 0.15) is 5.75 Å². The minimum Gasteiger partial charge on any atom is -0.476 e. The number of anilines is 1. The summed E-state index contributed by atoms with van der Waals surface area (Å²) in [6.45, 7) is -0.429. The van der Waals surface area contributed by atoms with Crippen LogP contribution in [0.4, 0.5) is 18.9 Å². The average Bonchev–Trinajstić information content (AvgIpc) is 2.82. The number of para-hydroxylation sites is 2. The van der Waals surface area contributed by atoms with Gasteiger partial charge in [-0.2, -0.15) is 13.2 Å². The third-order valence-electron chi connectivity index (χ3n) is 5.28. The molecule has 0 fully saturated rings. The molecule has 1 atom stereocenters. The van der Waals surface area contributed by atoms with Gasteiger partial charge in [-0.05, 0) is 35.4 Å². The molecule has 4 rings (SSSR count). The van der Waals surface area contributed by atoms with Gasteiger partial charge < -0.3 is 10.1 Å². The fourth-order valence-corrected chi connectivity index (χ4v) is 5.21. The normalized spacial score (nSPS) is 15.9. The van der Waals surface area contributed by atoms with E-state index in [1.165, 1.54) is 12.1 Å². The second-order valence-corrected chi connectivity index (χ2v) is 9.66. The predicted molar refractivity (Wildman–Crippen MR) is 121 cm³/mol. The Morgan fingerprint density at radius 2 is 1.65 bits per heavy atom. The van der Waals surface area contributed by atoms with Crippen molar-refractivity contribution >= 4 is 21.6 Å². The van der Waals surface area contributed by atoms with Crippen LogP contribution in [0.2, 0.25) is 0 Å². The first-order valence-electron chi connectivity index (χ1n) is 10.4. The first-order chi connectivity index (χ1) is 16.1. The summed E-state index contributed by atoms with van der Waals surface area (Å²) in [4.78, 5) is 12.8. The molecule has 1 N–H and O–H groups in total. The summed E-state index contributed by atoms with van der Waals surface area (Å²) in [7, 11) is -3.86. The van der Waals surface area contributed by atoms with Crippen LogP contribution in [-0.2, 0) is 33.3 Å². The summed E-state index contributed by atoms with van der Waals surface area (Å²) < 4.78 is 72.2. The van der Waals surface area contributed by atoms with Crippen molar-refractivity contribution < 1.29 is 31.1 Å². The summed E-state index contributed by atoms with van der Waals surface area (Å²) in [6.07, 6.45) is -5.67. The molecule has 178 valence electrons. The zero-order valence-electron chi connectivity index (χ0n) is 17.8. The van der Waals surface area contributed by atoms with E-state index in [-0.39, 0.29) is 30.2 Å². The molecule has 0 saturated heterocycles. The molecule has 1 amide bonds. The zero-order chi connectivity index (χ0) is 24.3. The number of alkyl halides is 3. The Balaban J connectivity index is 1.52. The lowest BCUT2D eigenvalue weighted by Crippen LogP contribution is -2.50. The van der Waals surface area contributed by atoms with Crippen LogP contribution in [0.3, 0.4) is 0 Å². The van der Waals surface area contributed by atoms with E-state index in [0.29, 0.717) is 11.3 Å². The molecular formula is C24H21F3N2O4S. The largest absolute Gasteiger partial charge is 0.476 e. The lowest BCUT2D eigenvalue weighted by molar-refractivity contribution is -0.137. The Labute approximate surface area is 195 Å². The van der Waals surface area contributed by atoms with Gasteiger partial charge in [0.2, 0.25) is 10.0 Å². The summed E-state index contributed by atoms with van der Waals surface area (Å²) in [5.41, 5.74) is 0.352. The second kappa shape index (κ2) is 9.38. The molecule has 3 aromatic rings. The van der Waals surface area contributed by atoms with Crippen LogP contribution in [0.5, 0.6) is 5.75 Å². The molecule has 1 unspecified atom stereocenters. The van der Waals surface area contributed by atoms with Crippen molar-refractivity contribution in [1.82, 2.24) is 5.32 Å². The maximum Gasteiger partial charge on any atom is 0.416 e. The van der Waals surface area contributed by atoms with Gasteiger partial charge in [-0.3, -0.25) is 9.10 Å². The van der Waals surface area contributed by atoms with Gasteiger partial charge in [-0.25, -0.2) is 8.42 Å². The third kappa shape index (κ3) is 5.33. The highest BCUT2D eigenvalue weighted by Gasteiger charge is 2.36. The Morgan fingerprint density at radius 3 is 2.38 bits per heavy atom. The first kappa shape index (κ1) is 23.6. The Hall–Kier alpha value is -3.53. The van der Waals surface area contributed by atoms with Gasteiger partial charge in [0.05, 0.1) is 23.5 Å². The van der Waals surface area contributed by atoms with Gasteiger partial charge in [0, 0.05) is 6.54 Å². The summed E-state index contributed by atoms with van der Waals surface area (Å²) in [5, 5.41) is 2.55. The van der Waals surface area contributed by atoms with Gasteiger partial charge in [0.25, 0.3) is 5.91 Å². The number of nitrogens with one attached hydrogen (secondary N) is 1. The van der Waals surface area contributed by atoms with Crippen LogP contribution < -0.4 is 14.4 Å². The number of halogens is 3. The lowest BCUT2D eigenvalue weighted by atomic mass is 10.1. The molecule has 1 aliphatic rings. The molecule has 34 heavy (non-hydrogen) atoms. The Bertz CT molecular complexity index is 1280. The van der Waals surface area contributed by atoms with Crippen molar-refractivity contribution in [2.75, 3.05) is 10.8 Å². The van der Waals surface area contributed by atoms with E-state index in [2.05, 4.69) is 5.32 Å². The second-order valence-electron chi connectivity index (χ2n) is 7.76. The number of carbonyl (C=O) groups excluding carboxylic acids is 1. The number of nitrogens with zero attached hydrogens (tertiary/aromatic N) is 1. The number of benzene rings is 3. The number of amides is 1. The van der Waals surface area contributed by atoms with Crippen LogP contribution in [0.25, 0.3) is 0 Å². The SMILES string of the molecule is O=C(NCc1cccc(C(F)(F)F)c1)C1CN(S(=O)(=O)Cc2ccccc2)c2ccccc2O1. The van der Waals surface area contributed by atoms with Gasteiger partial charge in [-0.1, -0.05) is 54.6 Å². The Kier molecular flexibility index (Phi) is 6.52. The number of ether oxygens (including phenoxy) is 1. The highest BCUT2D eigenvalue weighted by Crippen LogP contribution is 2.36. The predicted octanol–water partition coefficient (Wildman–Crippen LogP) is 4.12. The fraction of sp³-hybridized carbons (Fsp3) is 0.208. The van der Waals surface area contributed by atoms with Crippen LogP contribution in [-0.4, -0.2) is 27.0 Å². The molecule has 0 aliphatic carbocycles. The average molecular weight is 491 g/mol. The van der Waals surface area contributed by atoms with Gasteiger partial charge in [0.15, 0.2) is 6.10 Å². The van der Waals surface area contributed by atoms with Crippen LogP contribution in [0, 0.1) is 0 Å². The summed E-state index contributed by atoms with van der Waals surface area (Å²) in [5.74, 6) is -0.669. The van der Waals surface area contributed by atoms with E-state index in [1.807, 2.05) is 0 Å². The van der Waals surface area contributed by atoms with Gasteiger partial charge in [-0.15, -0.1) is 0 Å². The number of sulfonamides is 1. The highest BCUT2D eigenvalue weighted by molar-refractivity contribution is 7.92. The smallest absolute Gasteiger partial charge is 0.416 e. The standard InChI is InChI=1S/C24H21F3N2O4S/c25-24(26,27)19-10-6-9-18(13-19)14-28-23(30)22-15-29(20-11-4-5-12-21(20)33-22)34(31,32)16-17-7-2-1-3-8-17/h1-13,22H,14-16H2,(H,28,30). The van der Waals surface area contributed by atoms with Crippen molar-refractivity contribution in [3.8, 4) is 5.75 Å². The van der Waals surface area contributed by atoms with Crippen molar-refractivity contribution in [1.29, 1.82) is 0 Å². The quantitative estimate of drug-likeness (QED) is 0.564. The van der Waals surface area contributed by atoms with E-state index in [1.54, 1.807) is 54.6 Å². The molecule has 6 nitrogen and oxygen atoms in total. The zero-order valence-corrected chi connectivity index (χ0v) is 18.6. The summed E-state index contributed by atoms with van der Waals surface area (Å²) >= 11 is 0. The molecule has 3 aromatic carbocycles. The van der Waals surface area contributed by atoms with Crippen molar-refractivity contribution in [3.63, 3.8) is 0 Å². The third-order valence-corrected chi connectivity index (χ3v) is 6.99. The van der Waals surface area contributed by atoms with Gasteiger partial charge >= 0.3 is 6.18 Å². The number of carbonyl (C=O) groups is 1. The van der Waals surface area contributed by atoms with Crippen LogP contribution >= 0.6 is 0 Å². The van der Waals surface area contributed by atoms with E-state index >= 15 is 0 Å². The van der Waals surface area contributed by atoms with E-state index in [0.717, 1.165) is 16.4 Å². The van der Waals surface area contributed by atoms with E-state index in [9.17, 15) is 26.4 Å². The minimum atomic E-state index is -4.50. The van der Waals surface area contributed by atoms with E-state index in [4.69, 9.17) is 4.74 Å². The molecule has 10 heteroatoms.